The summed E-state index contributed by atoms with van der Waals surface area (Å²) in [7, 11) is 1.74. The first-order valence-electron chi connectivity index (χ1n) is 7.47. The molecule has 0 heterocycles. The van der Waals surface area contributed by atoms with Crippen molar-refractivity contribution in [1.29, 1.82) is 5.26 Å². The topological polar surface area (TPSA) is 35.8 Å². The van der Waals surface area contributed by atoms with E-state index >= 15 is 0 Å². The summed E-state index contributed by atoms with van der Waals surface area (Å²) < 4.78 is 0. The molecular weight excluding hydrogens is 280 g/mol. The number of benzene rings is 2. The van der Waals surface area contributed by atoms with Gasteiger partial charge in [-0.1, -0.05) is 78.9 Å². The lowest BCUT2D eigenvalue weighted by Crippen LogP contribution is -2.06. The number of nitrogens with zero attached hydrogens (tertiary/aromatic N) is 1. The normalized spacial score (nSPS) is 11.7. The molecule has 0 spiro atoms. The molecule has 0 atom stereocenters. The molecular formula is C21H20N2. The third-order valence-corrected chi connectivity index (χ3v) is 3.60. The number of allylic oxidation sites excluding steroid dienone is 3. The number of aryl methyl sites for hydroxylation is 1. The highest BCUT2D eigenvalue weighted by molar-refractivity contribution is 5.79. The Morgan fingerprint density at radius 3 is 1.96 bits per heavy atom. The van der Waals surface area contributed by atoms with Crippen molar-refractivity contribution < 1.29 is 0 Å². The molecule has 114 valence electrons. The number of nitriles is 1. The molecule has 0 aliphatic carbocycles. The third-order valence-electron chi connectivity index (χ3n) is 3.60. The maximum atomic E-state index is 9.14. The zero-order valence-electron chi connectivity index (χ0n) is 13.5. The van der Waals surface area contributed by atoms with Crippen LogP contribution in [-0.4, -0.2) is 7.05 Å². The molecule has 23 heavy (non-hydrogen) atoms. The molecule has 0 aliphatic rings. The van der Waals surface area contributed by atoms with Gasteiger partial charge in [0.2, 0.25) is 0 Å². The minimum Gasteiger partial charge on any atom is -0.379 e. The van der Waals surface area contributed by atoms with Crippen LogP contribution in [0.4, 0.5) is 0 Å². The van der Waals surface area contributed by atoms with Gasteiger partial charge >= 0.3 is 0 Å². The van der Waals surface area contributed by atoms with E-state index in [1.807, 2.05) is 24.3 Å². The van der Waals surface area contributed by atoms with Gasteiger partial charge in [-0.25, -0.2) is 0 Å². The van der Waals surface area contributed by atoms with Gasteiger partial charge in [-0.05, 0) is 23.6 Å². The van der Waals surface area contributed by atoms with E-state index in [-0.39, 0.29) is 0 Å². The van der Waals surface area contributed by atoms with E-state index in [1.165, 1.54) is 11.1 Å². The molecule has 0 saturated carbocycles. The van der Waals surface area contributed by atoms with Crippen molar-refractivity contribution in [3.8, 4) is 6.07 Å². The molecule has 0 aromatic heterocycles. The number of hydrogen-bond donors (Lipinski definition) is 1. The average molecular weight is 300 g/mol. The zero-order chi connectivity index (χ0) is 16.7. The lowest BCUT2D eigenvalue weighted by Gasteiger charge is -2.06. The van der Waals surface area contributed by atoms with Crippen LogP contribution in [0.25, 0.3) is 17.7 Å². The highest BCUT2D eigenvalue weighted by Crippen LogP contribution is 2.20. The van der Waals surface area contributed by atoms with Crippen molar-refractivity contribution in [2.75, 3.05) is 7.05 Å². The Morgan fingerprint density at radius 2 is 1.52 bits per heavy atom. The van der Waals surface area contributed by atoms with E-state index in [4.69, 9.17) is 5.26 Å². The third kappa shape index (κ3) is 4.21. The summed E-state index contributed by atoms with van der Waals surface area (Å²) in [5.74, 6) is 0. The maximum Gasteiger partial charge on any atom is 0.121 e. The summed E-state index contributed by atoms with van der Waals surface area (Å²) >= 11 is 0. The van der Waals surface area contributed by atoms with Crippen molar-refractivity contribution >= 4 is 17.7 Å². The van der Waals surface area contributed by atoms with E-state index in [1.54, 1.807) is 13.1 Å². The van der Waals surface area contributed by atoms with Gasteiger partial charge in [0.15, 0.2) is 0 Å². The summed E-state index contributed by atoms with van der Waals surface area (Å²) in [6, 6.07) is 18.6. The summed E-state index contributed by atoms with van der Waals surface area (Å²) in [6.07, 6.45) is 5.87. The van der Waals surface area contributed by atoms with Crippen molar-refractivity contribution in [3.63, 3.8) is 0 Å². The molecule has 0 bridgehead atoms. The zero-order valence-corrected chi connectivity index (χ0v) is 13.5. The fraction of sp³-hybridized carbons (Fsp3) is 0.0952. The van der Waals surface area contributed by atoms with Gasteiger partial charge < -0.3 is 5.32 Å². The van der Waals surface area contributed by atoms with Crippen molar-refractivity contribution in [3.05, 3.63) is 89.1 Å². The second-order valence-corrected chi connectivity index (χ2v) is 5.22. The lowest BCUT2D eigenvalue weighted by molar-refractivity contribution is 1.04. The van der Waals surface area contributed by atoms with Gasteiger partial charge in [-0.15, -0.1) is 0 Å². The van der Waals surface area contributed by atoms with Gasteiger partial charge in [-0.2, -0.15) is 5.26 Å². The standard InChI is InChI=1S/C21H20N2/c1-4-20(21(15-22)23-3)19-13-11-18(12-14-19)10-9-17-7-5-16(2)6-8-17/h4-14,23H,1H2,2-3H3/b10-9+,21-20+. The van der Waals surface area contributed by atoms with Crippen LogP contribution in [-0.2, 0) is 0 Å². The highest BCUT2D eigenvalue weighted by atomic mass is 14.8. The molecule has 0 radical (unpaired) electrons. The number of hydrogen-bond acceptors (Lipinski definition) is 2. The monoisotopic (exact) mass is 300 g/mol. The van der Waals surface area contributed by atoms with E-state index in [0.29, 0.717) is 5.70 Å². The van der Waals surface area contributed by atoms with Crippen molar-refractivity contribution in [2.45, 2.75) is 6.92 Å². The van der Waals surface area contributed by atoms with Crippen LogP contribution in [0.1, 0.15) is 22.3 Å². The van der Waals surface area contributed by atoms with E-state index in [2.05, 4.69) is 61.3 Å². The minimum atomic E-state index is 0.517. The summed E-state index contributed by atoms with van der Waals surface area (Å²) in [5.41, 5.74) is 5.84. The van der Waals surface area contributed by atoms with Crippen LogP contribution in [0.3, 0.4) is 0 Å². The van der Waals surface area contributed by atoms with Gasteiger partial charge in [-0.3, -0.25) is 0 Å². The van der Waals surface area contributed by atoms with Crippen LogP contribution in [0, 0.1) is 18.3 Å². The Bertz CT molecular complexity index is 770. The van der Waals surface area contributed by atoms with Gasteiger partial charge in [0.25, 0.3) is 0 Å². The molecule has 1 N–H and O–H groups in total. The smallest absolute Gasteiger partial charge is 0.121 e. The van der Waals surface area contributed by atoms with Gasteiger partial charge in [0, 0.05) is 12.6 Å². The van der Waals surface area contributed by atoms with Crippen LogP contribution in [0.5, 0.6) is 0 Å². The molecule has 0 fully saturated rings. The quantitative estimate of drug-likeness (QED) is 0.489. The SMILES string of the molecule is C=C/C(=C(/C#N)NC)c1ccc(/C=C/c2ccc(C)cc2)cc1. The predicted octanol–water partition coefficient (Wildman–Crippen LogP) is 4.81. The fourth-order valence-corrected chi connectivity index (χ4v) is 2.26. The Balaban J connectivity index is 2.22. The van der Waals surface area contributed by atoms with Crippen molar-refractivity contribution in [2.24, 2.45) is 0 Å². The molecule has 0 aliphatic heterocycles. The Hall–Kier alpha value is -3.05. The largest absolute Gasteiger partial charge is 0.379 e. The number of nitrogens with one attached hydrogen (secondary N) is 1. The fourth-order valence-electron chi connectivity index (χ4n) is 2.26. The Morgan fingerprint density at radius 1 is 1.00 bits per heavy atom. The average Bonchev–Trinajstić information content (AvgIpc) is 2.60. The highest BCUT2D eigenvalue weighted by Gasteiger charge is 2.04. The maximum absolute atomic E-state index is 9.14. The Labute approximate surface area is 138 Å². The Kier molecular flexibility index (Phi) is 5.55. The number of rotatable bonds is 5. The predicted molar refractivity (Wildman–Crippen MR) is 98.3 cm³/mol. The van der Waals surface area contributed by atoms with Crippen LogP contribution in [0.2, 0.25) is 0 Å². The van der Waals surface area contributed by atoms with Gasteiger partial charge in [0.1, 0.15) is 11.8 Å². The second-order valence-electron chi connectivity index (χ2n) is 5.22. The summed E-state index contributed by atoms with van der Waals surface area (Å²) in [4.78, 5) is 0. The van der Waals surface area contributed by atoms with E-state index in [9.17, 15) is 0 Å². The van der Waals surface area contributed by atoms with E-state index < -0.39 is 0 Å². The van der Waals surface area contributed by atoms with Crippen molar-refractivity contribution in [1.82, 2.24) is 5.32 Å². The first-order valence-corrected chi connectivity index (χ1v) is 7.47. The molecule has 2 rings (SSSR count). The molecule has 0 saturated heterocycles. The molecule has 0 amide bonds. The molecule has 2 aromatic rings. The first kappa shape index (κ1) is 16.3. The molecule has 2 aromatic carbocycles. The lowest BCUT2D eigenvalue weighted by atomic mass is 10.0. The second kappa shape index (κ2) is 7.82. The van der Waals surface area contributed by atoms with Crippen LogP contribution >= 0.6 is 0 Å². The first-order chi connectivity index (χ1) is 11.2. The molecule has 2 heteroatoms. The minimum absolute atomic E-state index is 0.517. The van der Waals surface area contributed by atoms with Crippen LogP contribution in [0.15, 0.2) is 66.9 Å². The molecule has 2 nitrogen and oxygen atoms in total. The summed E-state index contributed by atoms with van der Waals surface area (Å²) in [6.45, 7) is 5.88. The summed E-state index contributed by atoms with van der Waals surface area (Å²) in [5, 5.41) is 12.0. The van der Waals surface area contributed by atoms with Crippen LogP contribution < -0.4 is 5.32 Å². The van der Waals surface area contributed by atoms with Gasteiger partial charge in [0.05, 0.1) is 0 Å². The molecule has 0 unspecified atom stereocenters. The van der Waals surface area contributed by atoms with E-state index in [0.717, 1.165) is 16.7 Å².